The molecule has 238 valence electrons. The minimum Gasteiger partial charge on any atom is -0.493 e. The fraction of sp³-hybridized carbons (Fsp3) is 0.514. The third-order valence-electron chi connectivity index (χ3n) is 8.40. The maximum Gasteiger partial charge on any atom is 0.242 e. The van der Waals surface area contributed by atoms with Crippen molar-refractivity contribution in [2.45, 2.75) is 84.2 Å². The molecule has 2 aliphatic rings. The van der Waals surface area contributed by atoms with E-state index in [4.69, 9.17) is 14.2 Å². The summed E-state index contributed by atoms with van der Waals surface area (Å²) in [5.41, 5.74) is 4.60. The van der Waals surface area contributed by atoms with Gasteiger partial charge in [-0.05, 0) is 92.2 Å². The molecule has 0 aromatic heterocycles. The van der Waals surface area contributed by atoms with E-state index in [0.29, 0.717) is 54.3 Å². The zero-order valence-corrected chi connectivity index (χ0v) is 26.9. The molecule has 2 aliphatic carbocycles. The summed E-state index contributed by atoms with van der Waals surface area (Å²) in [5, 5.41) is 9.40. The Morgan fingerprint density at radius 2 is 1.77 bits per heavy atom. The van der Waals surface area contributed by atoms with E-state index in [1.54, 1.807) is 33.5 Å². The number of hydrogen-bond acceptors (Lipinski definition) is 7. The topological polar surface area (TPSA) is 115 Å². The summed E-state index contributed by atoms with van der Waals surface area (Å²) in [6.45, 7) is 6.16. The van der Waals surface area contributed by atoms with E-state index < -0.39 is 12.1 Å². The van der Waals surface area contributed by atoms with Gasteiger partial charge in [-0.3, -0.25) is 14.4 Å². The first-order valence-corrected chi connectivity index (χ1v) is 15.7. The molecular weight excluding hydrogens is 558 g/mol. The summed E-state index contributed by atoms with van der Waals surface area (Å²) in [4.78, 5) is 39.4. The lowest BCUT2D eigenvalue weighted by molar-refractivity contribution is -0.122. The number of benzene rings is 1. The van der Waals surface area contributed by atoms with E-state index in [1.165, 1.54) is 25.3 Å². The summed E-state index contributed by atoms with van der Waals surface area (Å²) in [5.74, 6) is 1.39. The number of aryl methyl sites for hydroxylation is 1. The fourth-order valence-electron chi connectivity index (χ4n) is 6.32. The molecule has 0 heterocycles. The summed E-state index contributed by atoms with van der Waals surface area (Å²) in [6.07, 6.45) is 9.54. The van der Waals surface area contributed by atoms with Crippen LogP contribution < -0.4 is 35.6 Å². The quantitative estimate of drug-likeness (QED) is 0.266. The SMILES string of the molecule is COc1cc2c(c(OC)c1OC)-c1ccc(N[C@H](CC(C)C)C(=O)NCCC3=CCCCC3)c(=O)cc1[C@@H](NC(C)=O)CC2. The first-order valence-electron chi connectivity index (χ1n) is 15.7. The number of nitrogens with one attached hydrogen (secondary N) is 3. The highest BCUT2D eigenvalue weighted by Crippen LogP contribution is 2.50. The average Bonchev–Trinajstić information content (AvgIpc) is 3.24. The Labute approximate surface area is 260 Å². The average molecular weight is 606 g/mol. The maximum absolute atomic E-state index is 13.8. The summed E-state index contributed by atoms with van der Waals surface area (Å²) >= 11 is 0. The second kappa shape index (κ2) is 15.1. The van der Waals surface area contributed by atoms with Crippen molar-refractivity contribution >= 4 is 17.5 Å². The van der Waals surface area contributed by atoms with E-state index in [9.17, 15) is 14.4 Å². The Bertz CT molecular complexity index is 1450. The Hall–Kier alpha value is -4.01. The number of carbonyl (C=O) groups excluding carboxylic acids is 2. The van der Waals surface area contributed by atoms with E-state index in [2.05, 4.69) is 35.9 Å². The van der Waals surface area contributed by atoms with Crippen molar-refractivity contribution in [1.29, 1.82) is 0 Å². The van der Waals surface area contributed by atoms with Crippen molar-refractivity contribution in [3.8, 4) is 28.4 Å². The van der Waals surface area contributed by atoms with Gasteiger partial charge in [0.15, 0.2) is 11.5 Å². The molecule has 0 radical (unpaired) electrons. The molecule has 0 spiro atoms. The minimum absolute atomic E-state index is 0.123. The van der Waals surface area contributed by atoms with Gasteiger partial charge in [0, 0.05) is 19.0 Å². The first-order chi connectivity index (χ1) is 21.2. The van der Waals surface area contributed by atoms with Crippen molar-refractivity contribution in [3.05, 3.63) is 57.3 Å². The number of allylic oxidation sites excluding steroid dienone is 1. The molecule has 0 fully saturated rings. The molecule has 9 heteroatoms. The molecule has 0 unspecified atom stereocenters. The van der Waals surface area contributed by atoms with E-state index in [0.717, 1.165) is 36.0 Å². The summed E-state index contributed by atoms with van der Waals surface area (Å²) in [7, 11) is 4.70. The van der Waals surface area contributed by atoms with Gasteiger partial charge in [-0.15, -0.1) is 0 Å². The molecule has 0 aliphatic heterocycles. The molecule has 44 heavy (non-hydrogen) atoms. The van der Waals surface area contributed by atoms with Gasteiger partial charge in [0.05, 0.1) is 33.1 Å². The van der Waals surface area contributed by atoms with Gasteiger partial charge in [-0.25, -0.2) is 0 Å². The van der Waals surface area contributed by atoms with Crippen LogP contribution in [0.25, 0.3) is 11.1 Å². The smallest absolute Gasteiger partial charge is 0.242 e. The summed E-state index contributed by atoms with van der Waals surface area (Å²) < 4.78 is 17.2. The fourth-order valence-corrected chi connectivity index (χ4v) is 6.32. The van der Waals surface area contributed by atoms with Crippen molar-refractivity contribution in [2.75, 3.05) is 33.2 Å². The minimum atomic E-state index is -0.581. The third kappa shape index (κ3) is 7.73. The van der Waals surface area contributed by atoms with E-state index >= 15 is 0 Å². The number of amides is 2. The van der Waals surface area contributed by atoms with Crippen LogP contribution in [0.2, 0.25) is 0 Å². The highest BCUT2D eigenvalue weighted by molar-refractivity contribution is 5.86. The summed E-state index contributed by atoms with van der Waals surface area (Å²) in [6, 6.07) is 6.10. The number of methoxy groups -OCH3 is 3. The normalized spacial score (nSPS) is 16.4. The second-order valence-electron chi connectivity index (χ2n) is 12.1. The van der Waals surface area contributed by atoms with E-state index in [-0.39, 0.29) is 23.2 Å². The molecule has 2 aromatic rings. The Morgan fingerprint density at radius 3 is 2.41 bits per heavy atom. The Morgan fingerprint density at radius 1 is 1.00 bits per heavy atom. The van der Waals surface area contributed by atoms with Crippen LogP contribution in [0.1, 0.15) is 82.9 Å². The van der Waals surface area contributed by atoms with Crippen molar-refractivity contribution < 1.29 is 23.8 Å². The predicted molar refractivity (Wildman–Crippen MR) is 174 cm³/mol. The Kier molecular flexibility index (Phi) is 11.3. The van der Waals surface area contributed by atoms with Crippen LogP contribution in [0, 0.1) is 5.92 Å². The third-order valence-corrected chi connectivity index (χ3v) is 8.40. The molecule has 2 atom stereocenters. The van der Waals surface area contributed by atoms with Crippen LogP contribution >= 0.6 is 0 Å². The van der Waals surface area contributed by atoms with Crippen molar-refractivity contribution in [1.82, 2.24) is 10.6 Å². The van der Waals surface area contributed by atoms with Gasteiger partial charge in [-0.2, -0.15) is 0 Å². The van der Waals surface area contributed by atoms with Crippen molar-refractivity contribution in [2.24, 2.45) is 5.92 Å². The number of hydrogen-bond donors (Lipinski definition) is 3. The largest absolute Gasteiger partial charge is 0.493 e. The molecule has 3 N–H and O–H groups in total. The maximum atomic E-state index is 13.8. The number of ether oxygens (including phenoxy) is 3. The highest BCUT2D eigenvalue weighted by atomic mass is 16.5. The lowest BCUT2D eigenvalue weighted by Crippen LogP contribution is -2.41. The van der Waals surface area contributed by atoms with Crippen LogP contribution in [-0.4, -0.2) is 45.7 Å². The lowest BCUT2D eigenvalue weighted by atomic mass is 9.95. The van der Waals surface area contributed by atoms with Gasteiger partial charge in [0.2, 0.25) is 23.0 Å². The Balaban J connectivity index is 1.74. The van der Waals surface area contributed by atoms with Crippen LogP contribution in [-0.2, 0) is 16.0 Å². The molecule has 2 aromatic carbocycles. The molecule has 4 rings (SSSR count). The van der Waals surface area contributed by atoms with Gasteiger partial charge in [-0.1, -0.05) is 31.6 Å². The van der Waals surface area contributed by atoms with Crippen LogP contribution in [0.3, 0.4) is 0 Å². The number of fused-ring (bicyclic) bond motifs is 3. The van der Waals surface area contributed by atoms with Gasteiger partial charge >= 0.3 is 0 Å². The first kappa shape index (κ1) is 32.9. The predicted octanol–water partition coefficient (Wildman–Crippen LogP) is 5.70. The molecule has 2 amide bonds. The molecule has 0 bridgehead atoms. The zero-order chi connectivity index (χ0) is 31.8. The molecule has 0 saturated carbocycles. The molecular formula is C35H47N3O6. The van der Waals surface area contributed by atoms with Gasteiger partial charge in [0.25, 0.3) is 0 Å². The van der Waals surface area contributed by atoms with Gasteiger partial charge < -0.3 is 30.2 Å². The lowest BCUT2D eigenvalue weighted by Gasteiger charge is -2.21. The number of anilines is 1. The zero-order valence-electron chi connectivity index (χ0n) is 26.9. The van der Waals surface area contributed by atoms with Crippen LogP contribution in [0.15, 0.2) is 40.7 Å². The van der Waals surface area contributed by atoms with Crippen molar-refractivity contribution in [3.63, 3.8) is 0 Å². The highest BCUT2D eigenvalue weighted by Gasteiger charge is 2.30. The number of carbonyl (C=O) groups is 2. The molecule has 9 nitrogen and oxygen atoms in total. The van der Waals surface area contributed by atoms with Gasteiger partial charge in [0.1, 0.15) is 6.04 Å². The second-order valence-corrected chi connectivity index (χ2v) is 12.1. The monoisotopic (exact) mass is 605 g/mol. The van der Waals surface area contributed by atoms with Crippen LogP contribution in [0.4, 0.5) is 5.69 Å². The van der Waals surface area contributed by atoms with E-state index in [1.807, 2.05) is 12.1 Å². The molecule has 0 saturated heterocycles. The standard InChI is InChI=1S/C35H47N3O6/c1-21(2)18-29(35(41)36-17-16-23-10-8-7-9-11-23)38-28-15-13-25-26(20-30(28)40)27(37-22(3)39)14-12-24-19-31(42-4)33(43-5)34(44-6)32(24)25/h10,13,15,19-21,27,29H,7-9,11-12,14,16-18H2,1-6H3,(H,36,41)(H,37,39)(H,38,40)/t27-,29+/m0/s1. The van der Waals surface area contributed by atoms with Crippen LogP contribution in [0.5, 0.6) is 17.2 Å². The number of rotatable bonds is 12.